The van der Waals surface area contributed by atoms with Gasteiger partial charge in [-0.3, -0.25) is 0 Å². The number of hydrogen-bond acceptors (Lipinski definition) is 4. The Balaban J connectivity index is 1.47. The quantitative estimate of drug-likeness (QED) is 0.653. The van der Waals surface area contributed by atoms with E-state index in [1.54, 1.807) is 16.8 Å². The van der Waals surface area contributed by atoms with Gasteiger partial charge in [-0.2, -0.15) is 0 Å². The van der Waals surface area contributed by atoms with Crippen LogP contribution in [-0.4, -0.2) is 31.8 Å². The first kappa shape index (κ1) is 19.1. The number of nitrogens with one attached hydrogen (secondary N) is 1. The molecule has 0 bridgehead atoms. The summed E-state index contributed by atoms with van der Waals surface area (Å²) in [5.74, 6) is -3.45. The Hall–Kier alpha value is -2.90. The molecule has 0 atom stereocenters. The normalized spacial score (nSPS) is 16.9. The molecule has 3 aromatic rings. The smallest absolute Gasteiger partial charge is 0.267 e. The Morgan fingerprint density at radius 2 is 2.07 bits per heavy atom. The molecule has 0 radical (unpaired) electrons. The van der Waals surface area contributed by atoms with Crippen LogP contribution in [-0.2, 0) is 6.42 Å². The molecule has 0 amide bonds. The fraction of sp³-hybridized carbons (Fsp3) is 0.409. The van der Waals surface area contributed by atoms with Gasteiger partial charge in [-0.1, -0.05) is 6.08 Å². The van der Waals surface area contributed by atoms with Crippen molar-refractivity contribution in [3.63, 3.8) is 0 Å². The molecule has 1 saturated carbocycles. The van der Waals surface area contributed by atoms with Crippen LogP contribution < -0.4 is 5.32 Å². The van der Waals surface area contributed by atoms with Crippen molar-refractivity contribution >= 4 is 17.2 Å². The van der Waals surface area contributed by atoms with Gasteiger partial charge in [-0.25, -0.2) is 28.1 Å². The van der Waals surface area contributed by atoms with Gasteiger partial charge in [0.25, 0.3) is 5.92 Å². The lowest BCUT2D eigenvalue weighted by atomic mass is 9.99. The van der Waals surface area contributed by atoms with E-state index in [1.807, 2.05) is 13.1 Å². The molecule has 5 rings (SSSR count). The highest BCUT2D eigenvalue weighted by Crippen LogP contribution is 2.43. The zero-order chi connectivity index (χ0) is 20.9. The van der Waals surface area contributed by atoms with Gasteiger partial charge in [-0.15, -0.1) is 0 Å². The molecule has 0 saturated heterocycles. The highest BCUT2D eigenvalue weighted by molar-refractivity contribution is 5.81. The van der Waals surface area contributed by atoms with Crippen LogP contribution in [0.3, 0.4) is 0 Å². The SMILES string of the molecule is Cc1cnc2c(F)cc(C3=CCCCc4nc(NCC(F)(F)C5CC5)ncc43)cn12. The fourth-order valence-corrected chi connectivity index (χ4v) is 3.97. The molecule has 3 heterocycles. The second kappa shape index (κ2) is 7.11. The van der Waals surface area contributed by atoms with Gasteiger partial charge in [0.1, 0.15) is 0 Å². The Kier molecular flexibility index (Phi) is 4.52. The summed E-state index contributed by atoms with van der Waals surface area (Å²) in [6.45, 7) is 1.41. The third-order valence-electron chi connectivity index (χ3n) is 5.84. The van der Waals surface area contributed by atoms with Crippen molar-refractivity contribution < 1.29 is 13.2 Å². The van der Waals surface area contributed by atoms with E-state index >= 15 is 0 Å². The molecule has 3 aromatic heterocycles. The van der Waals surface area contributed by atoms with Gasteiger partial charge >= 0.3 is 0 Å². The molecule has 0 unspecified atom stereocenters. The summed E-state index contributed by atoms with van der Waals surface area (Å²) in [6.07, 6.45) is 10.8. The summed E-state index contributed by atoms with van der Waals surface area (Å²) in [7, 11) is 0. The number of aryl methyl sites for hydroxylation is 2. The molecule has 2 aliphatic carbocycles. The molecule has 30 heavy (non-hydrogen) atoms. The van der Waals surface area contributed by atoms with Crippen molar-refractivity contribution in [3.05, 3.63) is 59.1 Å². The van der Waals surface area contributed by atoms with Crippen molar-refractivity contribution in [1.82, 2.24) is 19.4 Å². The molecular weight excluding hydrogens is 391 g/mol. The van der Waals surface area contributed by atoms with Crippen molar-refractivity contribution in [3.8, 4) is 0 Å². The first-order valence-electron chi connectivity index (χ1n) is 10.2. The lowest BCUT2D eigenvalue weighted by molar-refractivity contribution is -0.00832. The minimum Gasteiger partial charge on any atom is -0.348 e. The number of rotatable bonds is 5. The first-order valence-corrected chi connectivity index (χ1v) is 10.2. The number of anilines is 1. The van der Waals surface area contributed by atoms with Crippen LogP contribution in [0.15, 0.2) is 30.7 Å². The number of imidazole rings is 1. The minimum atomic E-state index is -2.74. The summed E-state index contributed by atoms with van der Waals surface area (Å²) in [5.41, 5.74) is 4.29. The highest BCUT2D eigenvalue weighted by atomic mass is 19.3. The molecule has 0 aliphatic heterocycles. The number of allylic oxidation sites excluding steroid dienone is 1. The molecule has 0 spiro atoms. The summed E-state index contributed by atoms with van der Waals surface area (Å²) < 4.78 is 44.3. The van der Waals surface area contributed by atoms with Gasteiger partial charge in [-0.05, 0) is 50.7 Å². The number of nitrogens with zero attached hydrogens (tertiary/aromatic N) is 4. The van der Waals surface area contributed by atoms with E-state index < -0.39 is 24.2 Å². The molecule has 2 aliphatic rings. The lowest BCUT2D eigenvalue weighted by Crippen LogP contribution is -2.30. The van der Waals surface area contributed by atoms with E-state index in [4.69, 9.17) is 0 Å². The number of aromatic nitrogens is 4. The highest BCUT2D eigenvalue weighted by Gasteiger charge is 2.46. The van der Waals surface area contributed by atoms with E-state index in [0.29, 0.717) is 24.8 Å². The Morgan fingerprint density at radius 3 is 2.87 bits per heavy atom. The number of pyridine rings is 1. The molecule has 1 N–H and O–H groups in total. The van der Waals surface area contributed by atoms with Crippen LogP contribution in [0.1, 0.15) is 48.2 Å². The fourth-order valence-electron chi connectivity index (χ4n) is 3.97. The molecular formula is C22H22F3N5. The molecule has 8 heteroatoms. The summed E-state index contributed by atoms with van der Waals surface area (Å²) in [6, 6.07) is 1.48. The van der Waals surface area contributed by atoms with Crippen molar-refractivity contribution in [2.75, 3.05) is 11.9 Å². The van der Waals surface area contributed by atoms with E-state index in [9.17, 15) is 13.2 Å². The predicted octanol–water partition coefficient (Wildman–Crippen LogP) is 4.80. The Bertz CT molecular complexity index is 1150. The van der Waals surface area contributed by atoms with Crippen molar-refractivity contribution in [2.24, 2.45) is 5.92 Å². The second-order valence-corrected chi connectivity index (χ2v) is 8.12. The number of alkyl halides is 2. The minimum absolute atomic E-state index is 0.211. The maximum Gasteiger partial charge on any atom is 0.267 e. The largest absolute Gasteiger partial charge is 0.348 e. The maximum absolute atomic E-state index is 14.6. The number of fused-ring (bicyclic) bond motifs is 2. The third kappa shape index (κ3) is 3.44. The van der Waals surface area contributed by atoms with E-state index in [2.05, 4.69) is 26.3 Å². The zero-order valence-corrected chi connectivity index (χ0v) is 16.6. The van der Waals surface area contributed by atoms with Crippen LogP contribution in [0, 0.1) is 18.7 Å². The number of hydrogen-bond donors (Lipinski definition) is 1. The van der Waals surface area contributed by atoms with E-state index in [1.165, 1.54) is 6.07 Å². The molecule has 5 nitrogen and oxygen atoms in total. The predicted molar refractivity (Wildman–Crippen MR) is 108 cm³/mol. The zero-order valence-electron chi connectivity index (χ0n) is 16.6. The van der Waals surface area contributed by atoms with E-state index in [-0.39, 0.29) is 11.6 Å². The number of halogens is 3. The molecule has 1 fully saturated rings. The Morgan fingerprint density at radius 1 is 1.23 bits per heavy atom. The average Bonchev–Trinajstić information content (AvgIpc) is 3.54. The maximum atomic E-state index is 14.6. The molecule has 156 valence electrons. The summed E-state index contributed by atoms with van der Waals surface area (Å²) in [4.78, 5) is 12.9. The van der Waals surface area contributed by atoms with Crippen LogP contribution in [0.2, 0.25) is 0 Å². The van der Waals surface area contributed by atoms with Crippen LogP contribution in [0.25, 0.3) is 11.2 Å². The Labute approximate surface area is 172 Å². The monoisotopic (exact) mass is 413 g/mol. The van der Waals surface area contributed by atoms with Crippen LogP contribution >= 0.6 is 0 Å². The van der Waals surface area contributed by atoms with Gasteiger partial charge < -0.3 is 9.72 Å². The van der Waals surface area contributed by atoms with Gasteiger partial charge in [0.15, 0.2) is 11.5 Å². The van der Waals surface area contributed by atoms with Crippen LogP contribution in [0.5, 0.6) is 0 Å². The standard InChI is InChI=1S/C22H22F3N5/c1-13-9-26-20-18(23)8-14(11-30(13)20)16-4-2-3-5-19-17(16)10-27-21(29-19)28-12-22(24,25)15-6-7-15/h4,8-11,15H,2-3,5-7,12H2,1H3,(H,27,28,29). The van der Waals surface area contributed by atoms with Crippen molar-refractivity contribution in [2.45, 2.75) is 45.0 Å². The average molecular weight is 413 g/mol. The topological polar surface area (TPSA) is 55.1 Å². The summed E-state index contributed by atoms with van der Waals surface area (Å²) >= 11 is 0. The van der Waals surface area contributed by atoms with Gasteiger partial charge in [0, 0.05) is 41.3 Å². The second-order valence-electron chi connectivity index (χ2n) is 8.12. The molecule has 0 aromatic carbocycles. The third-order valence-corrected chi connectivity index (χ3v) is 5.84. The van der Waals surface area contributed by atoms with Gasteiger partial charge in [0.2, 0.25) is 5.95 Å². The first-order chi connectivity index (χ1) is 14.4. The van der Waals surface area contributed by atoms with Crippen LogP contribution in [0.4, 0.5) is 19.1 Å². The van der Waals surface area contributed by atoms with E-state index in [0.717, 1.165) is 35.4 Å². The van der Waals surface area contributed by atoms with Gasteiger partial charge in [0.05, 0.1) is 12.2 Å². The lowest BCUT2D eigenvalue weighted by Gasteiger charge is -2.17. The summed E-state index contributed by atoms with van der Waals surface area (Å²) in [5, 5.41) is 2.70. The van der Waals surface area contributed by atoms with Crippen molar-refractivity contribution in [1.29, 1.82) is 0 Å².